The molecule has 3 nitrogen and oxygen atoms in total. The van der Waals surface area contributed by atoms with Gasteiger partial charge in [0.1, 0.15) is 4.99 Å². The van der Waals surface area contributed by atoms with Crippen molar-refractivity contribution in [3.05, 3.63) is 29.8 Å². The molecule has 0 unspecified atom stereocenters. The zero-order valence-electron chi connectivity index (χ0n) is 11.2. The highest BCUT2D eigenvalue weighted by molar-refractivity contribution is 7.80. The summed E-state index contributed by atoms with van der Waals surface area (Å²) in [6.07, 6.45) is 2.31. The molecule has 18 heavy (non-hydrogen) atoms. The van der Waals surface area contributed by atoms with Gasteiger partial charge in [-0.2, -0.15) is 0 Å². The zero-order chi connectivity index (χ0) is 13.4. The molecule has 0 bridgehead atoms. The van der Waals surface area contributed by atoms with Crippen LogP contribution in [0, 0.1) is 0 Å². The number of hydrogen-bond donors (Lipinski definition) is 1. The highest BCUT2D eigenvalue weighted by Crippen LogP contribution is 2.13. The Morgan fingerprint density at radius 3 is 2.50 bits per heavy atom. The van der Waals surface area contributed by atoms with Crippen molar-refractivity contribution in [2.24, 2.45) is 5.73 Å². The fourth-order valence-electron chi connectivity index (χ4n) is 1.56. The van der Waals surface area contributed by atoms with E-state index in [9.17, 15) is 0 Å². The van der Waals surface area contributed by atoms with E-state index in [2.05, 4.69) is 18.9 Å². The van der Waals surface area contributed by atoms with Crippen molar-refractivity contribution >= 4 is 22.9 Å². The van der Waals surface area contributed by atoms with E-state index in [0.717, 1.165) is 37.4 Å². The molecule has 0 aromatic heterocycles. The van der Waals surface area contributed by atoms with E-state index in [4.69, 9.17) is 22.7 Å². The Hall–Kier alpha value is -1.13. The number of anilines is 1. The lowest BCUT2D eigenvalue weighted by Crippen LogP contribution is -2.22. The largest absolute Gasteiger partial charge is 0.389 e. The molecule has 1 rings (SSSR count). The summed E-state index contributed by atoms with van der Waals surface area (Å²) < 4.78 is 5.55. The van der Waals surface area contributed by atoms with E-state index in [1.165, 1.54) is 6.42 Å². The summed E-state index contributed by atoms with van der Waals surface area (Å²) in [6.45, 7) is 4.66. The van der Waals surface area contributed by atoms with Crippen LogP contribution in [0.15, 0.2) is 24.3 Å². The van der Waals surface area contributed by atoms with Crippen LogP contribution in [-0.2, 0) is 4.74 Å². The van der Waals surface area contributed by atoms with Crippen LogP contribution < -0.4 is 10.6 Å². The molecule has 0 spiro atoms. The lowest BCUT2D eigenvalue weighted by atomic mass is 10.2. The van der Waals surface area contributed by atoms with Crippen molar-refractivity contribution < 1.29 is 4.74 Å². The van der Waals surface area contributed by atoms with Crippen LogP contribution in [0.5, 0.6) is 0 Å². The molecule has 2 N–H and O–H groups in total. The molecule has 0 aliphatic heterocycles. The van der Waals surface area contributed by atoms with Crippen LogP contribution >= 0.6 is 12.2 Å². The van der Waals surface area contributed by atoms with Crippen LogP contribution in [0.4, 0.5) is 5.69 Å². The van der Waals surface area contributed by atoms with Gasteiger partial charge in [-0.1, -0.05) is 25.6 Å². The molecule has 4 heteroatoms. The summed E-state index contributed by atoms with van der Waals surface area (Å²) in [5.74, 6) is 0. The molecule has 0 aliphatic carbocycles. The van der Waals surface area contributed by atoms with E-state index in [1.807, 2.05) is 24.3 Å². The maximum Gasteiger partial charge on any atom is 0.103 e. The van der Waals surface area contributed by atoms with Crippen molar-refractivity contribution in [1.82, 2.24) is 0 Å². The van der Waals surface area contributed by atoms with Gasteiger partial charge in [0.2, 0.25) is 0 Å². The van der Waals surface area contributed by atoms with Gasteiger partial charge < -0.3 is 15.4 Å². The van der Waals surface area contributed by atoms with Crippen LogP contribution in [-0.4, -0.2) is 31.8 Å². The van der Waals surface area contributed by atoms with Gasteiger partial charge in [-0.25, -0.2) is 0 Å². The highest BCUT2D eigenvalue weighted by atomic mass is 32.1. The van der Waals surface area contributed by atoms with Crippen molar-refractivity contribution in [2.45, 2.75) is 19.8 Å². The third-order valence-corrected chi connectivity index (χ3v) is 3.04. The zero-order valence-corrected chi connectivity index (χ0v) is 12.0. The Kier molecular flexibility index (Phi) is 6.68. The van der Waals surface area contributed by atoms with Gasteiger partial charge >= 0.3 is 0 Å². The lowest BCUT2D eigenvalue weighted by molar-refractivity contribution is 0.138. The molecule has 0 radical (unpaired) electrons. The molecule has 0 heterocycles. The molecule has 0 aliphatic rings. The van der Waals surface area contributed by atoms with Gasteiger partial charge in [0.15, 0.2) is 0 Å². The molecule has 1 aromatic carbocycles. The first-order valence-corrected chi connectivity index (χ1v) is 6.74. The Labute approximate surface area is 115 Å². The second-order valence-electron chi connectivity index (χ2n) is 4.30. The Bertz CT molecular complexity index is 365. The average molecular weight is 266 g/mol. The first-order chi connectivity index (χ1) is 8.65. The summed E-state index contributed by atoms with van der Waals surface area (Å²) in [5, 5.41) is 0. The second-order valence-corrected chi connectivity index (χ2v) is 4.74. The molecule has 0 amide bonds. The minimum Gasteiger partial charge on any atom is -0.389 e. The van der Waals surface area contributed by atoms with E-state index >= 15 is 0 Å². The molecule has 0 atom stereocenters. The predicted molar refractivity (Wildman–Crippen MR) is 81.3 cm³/mol. The van der Waals surface area contributed by atoms with E-state index in [1.54, 1.807) is 0 Å². The van der Waals surface area contributed by atoms with Gasteiger partial charge in [-0.15, -0.1) is 0 Å². The third-order valence-electron chi connectivity index (χ3n) is 2.81. The van der Waals surface area contributed by atoms with E-state index < -0.39 is 0 Å². The van der Waals surface area contributed by atoms with Crippen molar-refractivity contribution in [3.8, 4) is 0 Å². The van der Waals surface area contributed by atoms with Crippen molar-refractivity contribution in [3.63, 3.8) is 0 Å². The molecule has 0 saturated carbocycles. The standard InChI is InChI=1S/C14H22N2OS/c1-3-4-10-17-11-9-16(2)13-7-5-12(6-8-13)14(15)18/h5-8H,3-4,9-11H2,1-2H3,(H2,15,18). The monoisotopic (exact) mass is 266 g/mol. The molecule has 1 aromatic rings. The first-order valence-electron chi connectivity index (χ1n) is 6.34. The lowest BCUT2D eigenvalue weighted by Gasteiger charge is -2.19. The van der Waals surface area contributed by atoms with Crippen LogP contribution in [0.3, 0.4) is 0 Å². The molecule has 0 saturated heterocycles. The van der Waals surface area contributed by atoms with Crippen molar-refractivity contribution in [2.75, 3.05) is 31.7 Å². The Morgan fingerprint density at radius 2 is 1.94 bits per heavy atom. The number of rotatable bonds is 8. The smallest absolute Gasteiger partial charge is 0.103 e. The first kappa shape index (κ1) is 14.9. The minimum atomic E-state index is 0.437. The highest BCUT2D eigenvalue weighted by Gasteiger charge is 2.01. The van der Waals surface area contributed by atoms with E-state index in [0.29, 0.717) is 4.99 Å². The predicted octanol–water partition coefficient (Wildman–Crippen LogP) is 2.57. The van der Waals surface area contributed by atoms with Crippen LogP contribution in [0.2, 0.25) is 0 Å². The number of likely N-dealkylation sites (N-methyl/N-ethyl adjacent to an activating group) is 1. The SMILES string of the molecule is CCCCOCCN(C)c1ccc(C(N)=S)cc1. The summed E-state index contributed by atoms with van der Waals surface area (Å²) in [6, 6.07) is 7.96. The number of benzene rings is 1. The van der Waals surface area contributed by atoms with Gasteiger partial charge in [-0.05, 0) is 30.7 Å². The Morgan fingerprint density at radius 1 is 1.28 bits per heavy atom. The second kappa shape index (κ2) is 8.06. The molecular formula is C14H22N2OS. The third kappa shape index (κ3) is 5.02. The number of thiocarbonyl (C=S) groups is 1. The summed E-state index contributed by atoms with van der Waals surface area (Å²) >= 11 is 4.93. The number of nitrogens with zero attached hydrogens (tertiary/aromatic N) is 1. The maximum absolute atomic E-state index is 5.56. The molecule has 0 fully saturated rings. The number of nitrogens with two attached hydrogens (primary N) is 1. The normalized spacial score (nSPS) is 10.3. The minimum absolute atomic E-state index is 0.437. The summed E-state index contributed by atoms with van der Waals surface area (Å²) in [7, 11) is 2.05. The van der Waals surface area contributed by atoms with Crippen LogP contribution in [0.1, 0.15) is 25.3 Å². The van der Waals surface area contributed by atoms with Crippen molar-refractivity contribution in [1.29, 1.82) is 0 Å². The van der Waals surface area contributed by atoms with E-state index in [-0.39, 0.29) is 0 Å². The topological polar surface area (TPSA) is 38.5 Å². The summed E-state index contributed by atoms with van der Waals surface area (Å²) in [4.78, 5) is 2.60. The Balaban J connectivity index is 2.37. The fourth-order valence-corrected chi connectivity index (χ4v) is 1.70. The van der Waals surface area contributed by atoms with Gasteiger partial charge in [0, 0.05) is 31.5 Å². The number of hydrogen-bond acceptors (Lipinski definition) is 3. The van der Waals surface area contributed by atoms with Gasteiger partial charge in [0.25, 0.3) is 0 Å². The number of ether oxygens (including phenoxy) is 1. The molecule has 100 valence electrons. The van der Waals surface area contributed by atoms with Gasteiger partial charge in [-0.3, -0.25) is 0 Å². The molecular weight excluding hydrogens is 244 g/mol. The quantitative estimate of drug-likeness (QED) is 0.580. The number of unbranched alkanes of at least 4 members (excludes halogenated alkanes) is 1. The average Bonchev–Trinajstić information content (AvgIpc) is 2.38. The maximum atomic E-state index is 5.56. The summed E-state index contributed by atoms with van der Waals surface area (Å²) in [5.41, 5.74) is 7.62. The van der Waals surface area contributed by atoms with Crippen LogP contribution in [0.25, 0.3) is 0 Å². The van der Waals surface area contributed by atoms with Gasteiger partial charge in [0.05, 0.1) is 6.61 Å². The fraction of sp³-hybridized carbons (Fsp3) is 0.500.